The van der Waals surface area contributed by atoms with Gasteiger partial charge >= 0.3 is 5.97 Å². The van der Waals surface area contributed by atoms with Gasteiger partial charge in [-0.05, 0) is 46.9 Å². The SMILES string of the molecule is O=C(Nc1ccc(I)cc1C(=O)O)c1ccncc1Cl. The lowest BCUT2D eigenvalue weighted by molar-refractivity contribution is 0.0698. The van der Waals surface area contributed by atoms with Gasteiger partial charge in [-0.2, -0.15) is 0 Å². The van der Waals surface area contributed by atoms with E-state index in [1.54, 1.807) is 6.07 Å². The number of hydrogen-bond acceptors (Lipinski definition) is 3. The predicted octanol–water partition coefficient (Wildman–Crippen LogP) is 3.29. The van der Waals surface area contributed by atoms with Gasteiger partial charge in [0.1, 0.15) is 0 Å². The second kappa shape index (κ2) is 6.19. The number of aromatic carboxylic acids is 1. The Balaban J connectivity index is 2.33. The van der Waals surface area contributed by atoms with Crippen LogP contribution in [0.1, 0.15) is 20.7 Å². The van der Waals surface area contributed by atoms with Crippen LogP contribution in [0.3, 0.4) is 0 Å². The number of benzene rings is 1. The van der Waals surface area contributed by atoms with Crippen LogP contribution in [0.2, 0.25) is 5.02 Å². The first-order chi connectivity index (χ1) is 9.49. The average molecular weight is 403 g/mol. The Labute approximate surface area is 133 Å². The molecule has 0 unspecified atom stereocenters. The summed E-state index contributed by atoms with van der Waals surface area (Å²) in [4.78, 5) is 27.0. The number of amides is 1. The van der Waals surface area contributed by atoms with E-state index in [1.807, 2.05) is 22.6 Å². The summed E-state index contributed by atoms with van der Waals surface area (Å²) in [6.45, 7) is 0. The number of carboxylic acids is 1. The molecular weight excluding hydrogens is 395 g/mol. The quantitative estimate of drug-likeness (QED) is 0.772. The molecule has 1 aromatic heterocycles. The van der Waals surface area contributed by atoms with Gasteiger partial charge in [0.25, 0.3) is 5.91 Å². The van der Waals surface area contributed by atoms with Gasteiger partial charge in [0.15, 0.2) is 0 Å². The van der Waals surface area contributed by atoms with E-state index < -0.39 is 11.9 Å². The van der Waals surface area contributed by atoms with Crippen molar-refractivity contribution in [2.75, 3.05) is 5.32 Å². The number of aromatic nitrogens is 1. The Hall–Kier alpha value is -1.67. The summed E-state index contributed by atoms with van der Waals surface area (Å²) in [5.41, 5.74) is 0.475. The number of halogens is 2. The number of carboxylic acid groups (broad SMARTS) is 1. The monoisotopic (exact) mass is 402 g/mol. The first-order valence-corrected chi connectivity index (χ1v) is 6.88. The van der Waals surface area contributed by atoms with Gasteiger partial charge in [-0.1, -0.05) is 11.6 Å². The highest BCUT2D eigenvalue weighted by Crippen LogP contribution is 2.21. The Morgan fingerprint density at radius 3 is 2.65 bits per heavy atom. The van der Waals surface area contributed by atoms with Crippen LogP contribution in [-0.4, -0.2) is 22.0 Å². The largest absolute Gasteiger partial charge is 0.478 e. The highest BCUT2D eigenvalue weighted by Gasteiger charge is 2.15. The van der Waals surface area contributed by atoms with Gasteiger partial charge < -0.3 is 10.4 Å². The fourth-order valence-corrected chi connectivity index (χ4v) is 2.25. The minimum absolute atomic E-state index is 0.0235. The maximum Gasteiger partial charge on any atom is 0.337 e. The van der Waals surface area contributed by atoms with Crippen molar-refractivity contribution in [3.63, 3.8) is 0 Å². The highest BCUT2D eigenvalue weighted by atomic mass is 127. The molecule has 20 heavy (non-hydrogen) atoms. The lowest BCUT2D eigenvalue weighted by Gasteiger charge is -2.09. The zero-order valence-electron chi connectivity index (χ0n) is 9.93. The Kier molecular flexibility index (Phi) is 4.56. The number of anilines is 1. The maximum absolute atomic E-state index is 12.1. The molecule has 1 heterocycles. The molecule has 2 aromatic rings. The lowest BCUT2D eigenvalue weighted by Crippen LogP contribution is -2.15. The van der Waals surface area contributed by atoms with Crippen molar-refractivity contribution in [3.05, 3.63) is 56.4 Å². The van der Waals surface area contributed by atoms with Crippen LogP contribution in [0.4, 0.5) is 5.69 Å². The summed E-state index contributed by atoms with van der Waals surface area (Å²) in [5, 5.41) is 11.9. The maximum atomic E-state index is 12.1. The normalized spacial score (nSPS) is 10.1. The molecule has 1 aromatic carbocycles. The van der Waals surface area contributed by atoms with Gasteiger partial charge in [0.05, 0.1) is 21.8 Å². The molecule has 0 fully saturated rings. The van der Waals surface area contributed by atoms with Crippen LogP contribution in [0, 0.1) is 3.57 Å². The molecule has 0 aliphatic carbocycles. The Morgan fingerprint density at radius 1 is 1.25 bits per heavy atom. The molecule has 2 N–H and O–H groups in total. The van der Waals surface area contributed by atoms with Crippen molar-refractivity contribution in [3.8, 4) is 0 Å². The Bertz CT molecular complexity index is 691. The van der Waals surface area contributed by atoms with E-state index in [2.05, 4.69) is 10.3 Å². The number of carbonyl (C=O) groups is 2. The van der Waals surface area contributed by atoms with Crippen molar-refractivity contribution in [2.45, 2.75) is 0 Å². The van der Waals surface area contributed by atoms with E-state index in [0.717, 1.165) is 3.57 Å². The Morgan fingerprint density at radius 2 is 2.00 bits per heavy atom. The summed E-state index contributed by atoms with van der Waals surface area (Å²) >= 11 is 7.87. The second-order valence-electron chi connectivity index (χ2n) is 3.80. The molecule has 0 bridgehead atoms. The third-order valence-electron chi connectivity index (χ3n) is 2.48. The van der Waals surface area contributed by atoms with E-state index >= 15 is 0 Å². The first-order valence-electron chi connectivity index (χ1n) is 5.42. The zero-order valence-corrected chi connectivity index (χ0v) is 12.8. The number of rotatable bonds is 3. The molecule has 0 aliphatic rings. The second-order valence-corrected chi connectivity index (χ2v) is 5.46. The summed E-state index contributed by atoms with van der Waals surface area (Å²) in [5.74, 6) is -1.60. The van der Waals surface area contributed by atoms with Gasteiger partial charge in [0, 0.05) is 16.0 Å². The molecule has 102 valence electrons. The summed E-state index contributed by atoms with van der Waals surface area (Å²) in [6.07, 6.45) is 2.79. The minimum Gasteiger partial charge on any atom is -0.478 e. The van der Waals surface area contributed by atoms with Crippen LogP contribution < -0.4 is 5.32 Å². The van der Waals surface area contributed by atoms with Gasteiger partial charge in [-0.15, -0.1) is 0 Å². The van der Waals surface area contributed by atoms with Gasteiger partial charge in [0.2, 0.25) is 0 Å². The van der Waals surface area contributed by atoms with Crippen LogP contribution >= 0.6 is 34.2 Å². The van der Waals surface area contributed by atoms with E-state index in [-0.39, 0.29) is 21.8 Å². The molecule has 0 aliphatic heterocycles. The molecule has 1 amide bonds. The lowest BCUT2D eigenvalue weighted by atomic mass is 10.1. The predicted molar refractivity (Wildman–Crippen MR) is 83.3 cm³/mol. The standard InChI is InChI=1S/C13H8ClIN2O3/c14-10-6-16-4-3-8(10)12(18)17-11-2-1-7(15)5-9(11)13(19)20/h1-6H,(H,17,18)(H,19,20). The van der Waals surface area contributed by atoms with Crippen LogP contribution in [0.15, 0.2) is 36.7 Å². The van der Waals surface area contributed by atoms with Crippen molar-refractivity contribution in [1.82, 2.24) is 4.98 Å². The minimum atomic E-state index is -1.11. The summed E-state index contributed by atoms with van der Waals surface area (Å²) in [6, 6.07) is 6.19. The third-order valence-corrected chi connectivity index (χ3v) is 3.45. The topological polar surface area (TPSA) is 79.3 Å². The molecule has 0 saturated heterocycles. The number of nitrogens with zero attached hydrogens (tertiary/aromatic N) is 1. The molecular formula is C13H8ClIN2O3. The fraction of sp³-hybridized carbons (Fsp3) is 0. The van der Waals surface area contributed by atoms with Crippen LogP contribution in [0.5, 0.6) is 0 Å². The summed E-state index contributed by atoms with van der Waals surface area (Å²) in [7, 11) is 0. The number of nitrogens with one attached hydrogen (secondary N) is 1. The molecule has 2 rings (SSSR count). The van der Waals surface area contributed by atoms with E-state index in [1.165, 1.54) is 30.6 Å². The van der Waals surface area contributed by atoms with Crippen LogP contribution in [-0.2, 0) is 0 Å². The van der Waals surface area contributed by atoms with E-state index in [9.17, 15) is 9.59 Å². The molecule has 0 radical (unpaired) electrons. The molecule has 7 heteroatoms. The van der Waals surface area contributed by atoms with Gasteiger partial charge in [-0.25, -0.2) is 4.79 Å². The van der Waals surface area contributed by atoms with E-state index in [0.29, 0.717) is 0 Å². The van der Waals surface area contributed by atoms with Crippen molar-refractivity contribution in [2.24, 2.45) is 0 Å². The molecule has 5 nitrogen and oxygen atoms in total. The van der Waals surface area contributed by atoms with Gasteiger partial charge in [-0.3, -0.25) is 9.78 Å². The van der Waals surface area contributed by atoms with Crippen molar-refractivity contribution < 1.29 is 14.7 Å². The van der Waals surface area contributed by atoms with E-state index in [4.69, 9.17) is 16.7 Å². The molecule has 0 saturated carbocycles. The fourth-order valence-electron chi connectivity index (χ4n) is 1.55. The number of hydrogen-bond donors (Lipinski definition) is 2. The number of pyridine rings is 1. The van der Waals surface area contributed by atoms with Crippen molar-refractivity contribution in [1.29, 1.82) is 0 Å². The zero-order chi connectivity index (χ0) is 14.7. The third kappa shape index (κ3) is 3.26. The number of carbonyl (C=O) groups excluding carboxylic acids is 1. The van der Waals surface area contributed by atoms with Crippen molar-refractivity contribution >= 4 is 51.8 Å². The first kappa shape index (κ1) is 14.7. The summed E-state index contributed by atoms with van der Waals surface area (Å²) < 4.78 is 0.764. The highest BCUT2D eigenvalue weighted by molar-refractivity contribution is 14.1. The van der Waals surface area contributed by atoms with Crippen LogP contribution in [0.25, 0.3) is 0 Å². The average Bonchev–Trinajstić information content (AvgIpc) is 2.41. The smallest absolute Gasteiger partial charge is 0.337 e. The molecule has 0 spiro atoms. The molecule has 0 atom stereocenters.